The number of thiazole rings is 1. The lowest BCUT2D eigenvalue weighted by atomic mass is 10.2. The predicted molar refractivity (Wildman–Crippen MR) is 69.4 cm³/mol. The highest BCUT2D eigenvalue weighted by Crippen LogP contribution is 2.22. The average molecular weight is 249 g/mol. The Bertz CT molecular complexity index is 537. The molecule has 1 unspecified atom stereocenters. The molecule has 2 heterocycles. The van der Waals surface area contributed by atoms with Crippen LogP contribution in [-0.2, 0) is 6.54 Å². The van der Waals surface area contributed by atoms with E-state index in [2.05, 4.69) is 23.1 Å². The predicted octanol–water partition coefficient (Wildman–Crippen LogP) is 1.91. The molecule has 1 N–H and O–H groups in total. The molecule has 0 radical (unpaired) electrons. The van der Waals surface area contributed by atoms with Crippen LogP contribution in [0.2, 0.25) is 0 Å². The van der Waals surface area contributed by atoms with Crippen LogP contribution in [0.5, 0.6) is 5.88 Å². The quantitative estimate of drug-likeness (QED) is 0.823. The van der Waals surface area contributed by atoms with E-state index in [-0.39, 0.29) is 6.04 Å². The molecule has 2 rings (SSSR count). The molecular weight excluding hydrogens is 234 g/mol. The zero-order chi connectivity index (χ0) is 12.3. The highest BCUT2D eigenvalue weighted by Gasteiger charge is 2.14. The maximum Gasteiger partial charge on any atom is 0.237 e. The van der Waals surface area contributed by atoms with Gasteiger partial charge in [-0.3, -0.25) is 9.72 Å². The van der Waals surface area contributed by atoms with Crippen LogP contribution in [0.25, 0.3) is 4.96 Å². The third-order valence-corrected chi connectivity index (χ3v) is 3.40. The molecule has 17 heavy (non-hydrogen) atoms. The number of hydrogen-bond acceptors (Lipinski definition) is 4. The monoisotopic (exact) mass is 249 g/mol. The standard InChI is InChI=1S/C12H15N3OS/c1-4-9(5-2)13-8-10-11(16-3)14-12-15(10)6-7-17-12/h1,6-7,9,13H,5,8H2,2-3H3. The Morgan fingerprint density at radius 1 is 1.71 bits per heavy atom. The molecule has 0 amide bonds. The van der Waals surface area contributed by atoms with E-state index in [4.69, 9.17) is 11.2 Å². The third-order valence-electron chi connectivity index (χ3n) is 2.64. The van der Waals surface area contributed by atoms with Crippen molar-refractivity contribution in [3.8, 4) is 18.2 Å². The minimum atomic E-state index is 0.0869. The molecule has 1 atom stereocenters. The van der Waals surface area contributed by atoms with Crippen LogP contribution >= 0.6 is 11.3 Å². The van der Waals surface area contributed by atoms with E-state index in [0.29, 0.717) is 12.4 Å². The second-order valence-electron chi connectivity index (χ2n) is 3.63. The molecular formula is C12H15N3OS. The van der Waals surface area contributed by atoms with Crippen LogP contribution < -0.4 is 10.1 Å². The summed E-state index contributed by atoms with van der Waals surface area (Å²) in [6.07, 6.45) is 8.32. The summed E-state index contributed by atoms with van der Waals surface area (Å²) < 4.78 is 7.30. The van der Waals surface area contributed by atoms with Crippen LogP contribution in [0.3, 0.4) is 0 Å². The van der Waals surface area contributed by atoms with E-state index in [0.717, 1.165) is 17.1 Å². The number of imidazole rings is 1. The van der Waals surface area contributed by atoms with Crippen molar-refractivity contribution in [3.05, 3.63) is 17.3 Å². The van der Waals surface area contributed by atoms with Gasteiger partial charge in [0.1, 0.15) is 5.69 Å². The van der Waals surface area contributed by atoms with Gasteiger partial charge < -0.3 is 4.74 Å². The van der Waals surface area contributed by atoms with Gasteiger partial charge >= 0.3 is 0 Å². The molecule has 0 spiro atoms. The summed E-state index contributed by atoms with van der Waals surface area (Å²) in [5.74, 6) is 3.38. The van der Waals surface area contributed by atoms with Crippen molar-refractivity contribution < 1.29 is 4.74 Å². The maximum atomic E-state index is 5.42. The number of terminal acetylenes is 1. The van der Waals surface area contributed by atoms with E-state index in [9.17, 15) is 0 Å². The molecule has 0 aliphatic carbocycles. The Morgan fingerprint density at radius 3 is 3.18 bits per heavy atom. The number of nitrogens with zero attached hydrogens (tertiary/aromatic N) is 2. The topological polar surface area (TPSA) is 38.6 Å². The summed E-state index contributed by atoms with van der Waals surface area (Å²) in [6, 6.07) is 0.0869. The van der Waals surface area contributed by atoms with Crippen LogP contribution in [0.1, 0.15) is 19.0 Å². The molecule has 0 saturated carbocycles. The fourth-order valence-electron chi connectivity index (χ4n) is 1.68. The van der Waals surface area contributed by atoms with Gasteiger partial charge in [-0.2, -0.15) is 4.98 Å². The van der Waals surface area contributed by atoms with Gasteiger partial charge in [0, 0.05) is 18.1 Å². The molecule has 90 valence electrons. The Kier molecular flexibility index (Phi) is 3.67. The van der Waals surface area contributed by atoms with Crippen molar-refractivity contribution in [1.29, 1.82) is 0 Å². The summed E-state index contributed by atoms with van der Waals surface area (Å²) in [7, 11) is 1.63. The second kappa shape index (κ2) is 5.21. The van der Waals surface area contributed by atoms with E-state index in [1.165, 1.54) is 0 Å². The number of aromatic nitrogens is 2. The molecule has 0 saturated heterocycles. The molecule has 0 aromatic carbocycles. The largest absolute Gasteiger partial charge is 0.480 e. The SMILES string of the molecule is C#CC(CC)NCc1c(OC)nc2sccn12. The van der Waals surface area contributed by atoms with Crippen molar-refractivity contribution in [1.82, 2.24) is 14.7 Å². The number of methoxy groups -OCH3 is 1. The lowest BCUT2D eigenvalue weighted by Gasteiger charge is -2.10. The van der Waals surface area contributed by atoms with Gasteiger partial charge in [-0.05, 0) is 6.42 Å². The lowest BCUT2D eigenvalue weighted by Crippen LogP contribution is -2.26. The zero-order valence-electron chi connectivity index (χ0n) is 9.93. The molecule has 0 bridgehead atoms. The van der Waals surface area contributed by atoms with Gasteiger partial charge in [0.15, 0.2) is 4.96 Å². The number of nitrogens with one attached hydrogen (secondary N) is 1. The van der Waals surface area contributed by atoms with Crippen LogP contribution in [0, 0.1) is 12.3 Å². The smallest absolute Gasteiger partial charge is 0.237 e. The summed E-state index contributed by atoms with van der Waals surface area (Å²) >= 11 is 1.59. The Hall–Kier alpha value is -1.51. The maximum absolute atomic E-state index is 5.42. The van der Waals surface area contributed by atoms with Gasteiger partial charge in [0.2, 0.25) is 5.88 Å². The Morgan fingerprint density at radius 2 is 2.53 bits per heavy atom. The number of ether oxygens (including phenoxy) is 1. The number of fused-ring (bicyclic) bond motifs is 1. The summed E-state index contributed by atoms with van der Waals surface area (Å²) in [4.78, 5) is 5.33. The van der Waals surface area contributed by atoms with Gasteiger partial charge in [-0.1, -0.05) is 12.8 Å². The van der Waals surface area contributed by atoms with Crippen LogP contribution in [0.15, 0.2) is 11.6 Å². The Balaban J connectivity index is 2.21. The lowest BCUT2D eigenvalue weighted by molar-refractivity contribution is 0.392. The summed E-state index contributed by atoms with van der Waals surface area (Å²) in [6.45, 7) is 2.72. The average Bonchev–Trinajstić information content (AvgIpc) is 2.91. The second-order valence-corrected chi connectivity index (χ2v) is 4.50. The van der Waals surface area contributed by atoms with E-state index in [1.54, 1.807) is 18.4 Å². The normalized spacial score (nSPS) is 12.5. The first-order valence-corrected chi connectivity index (χ1v) is 6.36. The van der Waals surface area contributed by atoms with E-state index in [1.807, 2.05) is 16.0 Å². The Labute approximate surface area is 105 Å². The van der Waals surface area contributed by atoms with Crippen molar-refractivity contribution >= 4 is 16.3 Å². The van der Waals surface area contributed by atoms with Crippen molar-refractivity contribution in [2.45, 2.75) is 25.9 Å². The molecule has 2 aromatic heterocycles. The summed E-state index contributed by atoms with van der Waals surface area (Å²) in [5, 5.41) is 5.31. The van der Waals surface area contributed by atoms with Gasteiger partial charge in [-0.25, -0.2) is 0 Å². The highest BCUT2D eigenvalue weighted by molar-refractivity contribution is 7.15. The number of rotatable bonds is 5. The van der Waals surface area contributed by atoms with Crippen molar-refractivity contribution in [2.24, 2.45) is 0 Å². The minimum Gasteiger partial charge on any atom is -0.480 e. The van der Waals surface area contributed by atoms with Crippen LogP contribution in [0.4, 0.5) is 0 Å². The molecule has 5 heteroatoms. The summed E-state index contributed by atoms with van der Waals surface area (Å²) in [5.41, 5.74) is 1.01. The van der Waals surface area contributed by atoms with Gasteiger partial charge in [0.25, 0.3) is 0 Å². The van der Waals surface area contributed by atoms with E-state index >= 15 is 0 Å². The number of hydrogen-bond donors (Lipinski definition) is 1. The van der Waals surface area contributed by atoms with Crippen molar-refractivity contribution in [2.75, 3.05) is 7.11 Å². The first-order chi connectivity index (χ1) is 8.30. The first-order valence-electron chi connectivity index (χ1n) is 5.48. The highest BCUT2D eigenvalue weighted by atomic mass is 32.1. The van der Waals surface area contributed by atoms with Crippen LogP contribution in [-0.4, -0.2) is 22.5 Å². The molecule has 4 nitrogen and oxygen atoms in total. The van der Waals surface area contributed by atoms with E-state index < -0.39 is 0 Å². The minimum absolute atomic E-state index is 0.0869. The molecule has 0 fully saturated rings. The molecule has 2 aromatic rings. The molecule has 0 aliphatic rings. The molecule has 0 aliphatic heterocycles. The third kappa shape index (κ3) is 2.28. The van der Waals surface area contributed by atoms with Gasteiger partial charge in [0.05, 0.1) is 13.2 Å². The zero-order valence-corrected chi connectivity index (χ0v) is 10.8. The van der Waals surface area contributed by atoms with Gasteiger partial charge in [-0.15, -0.1) is 17.8 Å². The van der Waals surface area contributed by atoms with Crippen molar-refractivity contribution in [3.63, 3.8) is 0 Å². The fraction of sp³-hybridized carbons (Fsp3) is 0.417. The fourth-order valence-corrected chi connectivity index (χ4v) is 2.40. The first kappa shape index (κ1) is 12.0.